The van der Waals surface area contributed by atoms with E-state index in [2.05, 4.69) is 0 Å². The van der Waals surface area contributed by atoms with E-state index in [0.29, 0.717) is 19.5 Å². The maximum Gasteiger partial charge on any atom is 0.243 e. The number of hydrogen-bond acceptors (Lipinski definition) is 4. The fourth-order valence-electron chi connectivity index (χ4n) is 1.99. The molecule has 1 N–H and O–H groups in total. The molecule has 1 aromatic rings. The molecule has 0 saturated carbocycles. The van der Waals surface area contributed by atoms with Crippen LogP contribution in [-0.2, 0) is 16.6 Å². The van der Waals surface area contributed by atoms with Crippen LogP contribution in [0.25, 0.3) is 0 Å². The molecule has 0 aliphatic heterocycles. The Morgan fingerprint density at radius 1 is 1.24 bits per heavy atom. The highest BCUT2D eigenvalue weighted by Gasteiger charge is 2.23. The summed E-state index contributed by atoms with van der Waals surface area (Å²) in [5.74, 6) is -0.605. The average Bonchev–Trinajstić information content (AvgIpc) is 2.43. The van der Waals surface area contributed by atoms with Gasteiger partial charge >= 0.3 is 0 Å². The van der Waals surface area contributed by atoms with Crippen molar-refractivity contribution in [2.24, 2.45) is 0 Å². The van der Waals surface area contributed by atoms with Crippen LogP contribution in [0.3, 0.4) is 0 Å². The van der Waals surface area contributed by atoms with Gasteiger partial charge in [0.15, 0.2) is 0 Å². The van der Waals surface area contributed by atoms with Crippen LogP contribution in [-0.4, -0.2) is 56.5 Å². The molecule has 5 nitrogen and oxygen atoms in total. The number of hydrogen-bond donors (Lipinski definition) is 1. The van der Waals surface area contributed by atoms with Crippen molar-refractivity contribution in [2.45, 2.75) is 24.8 Å². The van der Waals surface area contributed by atoms with E-state index in [0.717, 1.165) is 12.6 Å². The van der Waals surface area contributed by atoms with Gasteiger partial charge in [-0.1, -0.05) is 6.92 Å². The van der Waals surface area contributed by atoms with E-state index in [-0.39, 0.29) is 10.5 Å². The van der Waals surface area contributed by atoms with E-state index in [1.54, 1.807) is 6.92 Å². The summed E-state index contributed by atoms with van der Waals surface area (Å²) >= 11 is 0. The van der Waals surface area contributed by atoms with Crippen molar-refractivity contribution in [1.29, 1.82) is 0 Å². The third-order valence-electron chi connectivity index (χ3n) is 3.19. The second kappa shape index (κ2) is 7.84. The standard InChI is InChI=1S/C14H23FN2O3S/c1-4-17(9-5-8-16(2)3)21(19,20)13-6-7-14(15)12(10-13)11-18/h6-7,10,18H,4-5,8-9,11H2,1-3H3. The molecule has 7 heteroatoms. The van der Waals surface area contributed by atoms with Crippen LogP contribution < -0.4 is 0 Å². The quantitative estimate of drug-likeness (QED) is 0.784. The third-order valence-corrected chi connectivity index (χ3v) is 5.16. The van der Waals surface area contributed by atoms with E-state index in [4.69, 9.17) is 5.11 Å². The highest BCUT2D eigenvalue weighted by molar-refractivity contribution is 7.89. The molecule has 0 unspecified atom stereocenters. The van der Waals surface area contributed by atoms with Crippen LogP contribution in [0.1, 0.15) is 18.9 Å². The summed E-state index contributed by atoms with van der Waals surface area (Å²) in [6.07, 6.45) is 0.716. The molecular weight excluding hydrogens is 295 g/mol. The van der Waals surface area contributed by atoms with Crippen LogP contribution in [0, 0.1) is 5.82 Å². The fourth-order valence-corrected chi connectivity index (χ4v) is 3.53. The van der Waals surface area contributed by atoms with Gasteiger partial charge in [0.05, 0.1) is 11.5 Å². The number of nitrogens with zero attached hydrogens (tertiary/aromatic N) is 2. The van der Waals surface area contributed by atoms with Crippen molar-refractivity contribution in [3.63, 3.8) is 0 Å². The van der Waals surface area contributed by atoms with E-state index >= 15 is 0 Å². The maximum atomic E-state index is 13.4. The van der Waals surface area contributed by atoms with Gasteiger partial charge in [0.2, 0.25) is 10.0 Å². The van der Waals surface area contributed by atoms with Crippen molar-refractivity contribution in [3.8, 4) is 0 Å². The maximum absolute atomic E-state index is 13.4. The van der Waals surface area contributed by atoms with Gasteiger partial charge in [-0.25, -0.2) is 12.8 Å². The first kappa shape index (κ1) is 18.0. The Morgan fingerprint density at radius 2 is 1.90 bits per heavy atom. The SMILES string of the molecule is CCN(CCCN(C)C)S(=O)(=O)c1ccc(F)c(CO)c1. The number of sulfonamides is 1. The molecule has 0 amide bonds. The molecule has 0 saturated heterocycles. The number of aliphatic hydroxyl groups excluding tert-OH is 1. The van der Waals surface area contributed by atoms with Gasteiger partial charge < -0.3 is 10.0 Å². The minimum Gasteiger partial charge on any atom is -0.392 e. The molecule has 1 rings (SSSR count). The zero-order valence-corrected chi connectivity index (χ0v) is 13.5. The lowest BCUT2D eigenvalue weighted by atomic mass is 10.2. The second-order valence-corrected chi connectivity index (χ2v) is 7.00. The Labute approximate surface area is 126 Å². The molecule has 21 heavy (non-hydrogen) atoms. The Morgan fingerprint density at radius 3 is 2.43 bits per heavy atom. The number of rotatable bonds is 8. The molecule has 0 radical (unpaired) electrons. The van der Waals surface area contributed by atoms with Gasteiger partial charge in [0.25, 0.3) is 0 Å². The molecule has 1 aromatic carbocycles. The molecule has 0 aliphatic carbocycles. The molecule has 0 atom stereocenters. The lowest BCUT2D eigenvalue weighted by molar-refractivity contribution is 0.275. The van der Waals surface area contributed by atoms with Gasteiger partial charge in [-0.05, 0) is 45.3 Å². The monoisotopic (exact) mass is 318 g/mol. The highest BCUT2D eigenvalue weighted by atomic mass is 32.2. The molecular formula is C14H23FN2O3S. The summed E-state index contributed by atoms with van der Waals surface area (Å²) in [6, 6.07) is 3.50. The second-order valence-electron chi connectivity index (χ2n) is 5.06. The largest absolute Gasteiger partial charge is 0.392 e. The molecule has 0 aliphatic rings. The third kappa shape index (κ3) is 4.74. The lowest BCUT2D eigenvalue weighted by Crippen LogP contribution is -2.33. The van der Waals surface area contributed by atoms with E-state index < -0.39 is 22.4 Å². The first-order valence-corrected chi connectivity index (χ1v) is 8.31. The summed E-state index contributed by atoms with van der Waals surface area (Å²) in [4.78, 5) is 2.00. The van der Waals surface area contributed by atoms with Crippen molar-refractivity contribution in [1.82, 2.24) is 9.21 Å². The molecule has 0 heterocycles. The summed E-state index contributed by atoms with van der Waals surface area (Å²) in [5, 5.41) is 9.05. The minimum atomic E-state index is -3.66. The van der Waals surface area contributed by atoms with Crippen LogP contribution in [0.4, 0.5) is 4.39 Å². The van der Waals surface area contributed by atoms with Crippen molar-refractivity contribution >= 4 is 10.0 Å². The van der Waals surface area contributed by atoms with Gasteiger partial charge in [-0.3, -0.25) is 0 Å². The highest BCUT2D eigenvalue weighted by Crippen LogP contribution is 2.19. The zero-order valence-electron chi connectivity index (χ0n) is 12.7. The summed E-state index contributed by atoms with van der Waals surface area (Å²) < 4.78 is 39.8. The first-order chi connectivity index (χ1) is 9.82. The van der Waals surface area contributed by atoms with Crippen molar-refractivity contribution in [3.05, 3.63) is 29.6 Å². The topological polar surface area (TPSA) is 60.9 Å². The molecule has 0 fully saturated rings. The number of halogens is 1. The van der Waals surface area contributed by atoms with Gasteiger partial charge in [-0.2, -0.15) is 4.31 Å². The average molecular weight is 318 g/mol. The molecule has 0 bridgehead atoms. The molecule has 0 spiro atoms. The summed E-state index contributed by atoms with van der Waals surface area (Å²) in [6.45, 7) is 2.79. The minimum absolute atomic E-state index is 0.0135. The molecule has 0 aromatic heterocycles. The molecule has 120 valence electrons. The van der Waals surface area contributed by atoms with Gasteiger partial charge in [0.1, 0.15) is 5.82 Å². The van der Waals surface area contributed by atoms with Gasteiger partial charge in [0, 0.05) is 18.7 Å². The summed E-state index contributed by atoms with van der Waals surface area (Å²) in [7, 11) is 0.196. The zero-order chi connectivity index (χ0) is 16.0. The predicted molar refractivity (Wildman–Crippen MR) is 79.9 cm³/mol. The van der Waals surface area contributed by atoms with Crippen molar-refractivity contribution in [2.75, 3.05) is 33.7 Å². The van der Waals surface area contributed by atoms with E-state index in [1.807, 2.05) is 19.0 Å². The fraction of sp³-hybridized carbons (Fsp3) is 0.571. The van der Waals surface area contributed by atoms with Gasteiger partial charge in [-0.15, -0.1) is 0 Å². The van der Waals surface area contributed by atoms with E-state index in [9.17, 15) is 12.8 Å². The van der Waals surface area contributed by atoms with Crippen LogP contribution in [0.2, 0.25) is 0 Å². The predicted octanol–water partition coefficient (Wildman–Crippen LogP) is 1.28. The summed E-state index contributed by atoms with van der Waals surface area (Å²) in [5.41, 5.74) is -0.0135. The normalized spacial score (nSPS) is 12.3. The Kier molecular flexibility index (Phi) is 6.73. The Bertz CT molecular complexity index is 561. The smallest absolute Gasteiger partial charge is 0.243 e. The van der Waals surface area contributed by atoms with E-state index in [1.165, 1.54) is 16.4 Å². The number of benzene rings is 1. The Hall–Kier alpha value is -1.02. The van der Waals surface area contributed by atoms with Crippen LogP contribution in [0.5, 0.6) is 0 Å². The van der Waals surface area contributed by atoms with Crippen molar-refractivity contribution < 1.29 is 17.9 Å². The van der Waals surface area contributed by atoms with Crippen LogP contribution in [0.15, 0.2) is 23.1 Å². The Balaban J connectivity index is 2.96. The van der Waals surface area contributed by atoms with Crippen LogP contribution >= 0.6 is 0 Å². The first-order valence-electron chi connectivity index (χ1n) is 6.87. The lowest BCUT2D eigenvalue weighted by Gasteiger charge is -2.21. The number of aliphatic hydroxyl groups is 1.